The number of aryl methyl sites for hydroxylation is 1. The maximum absolute atomic E-state index is 12.2. The molecule has 1 aromatic heterocycles. The van der Waals surface area contributed by atoms with Crippen molar-refractivity contribution in [2.45, 2.75) is 44.7 Å². The molecule has 1 saturated heterocycles. The molecule has 0 unspecified atom stereocenters. The van der Waals surface area contributed by atoms with E-state index in [9.17, 15) is 4.79 Å². The molecule has 1 saturated carbocycles. The van der Waals surface area contributed by atoms with Gasteiger partial charge in [0.05, 0.1) is 0 Å². The SMILES string of the molecule is Cc1ccnc(N2CCC[C@@H]2C(=O)NC2CC2)c1. The molecular formula is C14H19N3O. The van der Waals surface area contributed by atoms with Crippen LogP contribution in [0.3, 0.4) is 0 Å². The van der Waals surface area contributed by atoms with Crippen LogP contribution < -0.4 is 10.2 Å². The van der Waals surface area contributed by atoms with Gasteiger partial charge in [-0.1, -0.05) is 0 Å². The van der Waals surface area contributed by atoms with Gasteiger partial charge in [-0.25, -0.2) is 4.98 Å². The Hall–Kier alpha value is -1.58. The lowest BCUT2D eigenvalue weighted by molar-refractivity contribution is -0.122. The highest BCUT2D eigenvalue weighted by molar-refractivity contribution is 5.86. The van der Waals surface area contributed by atoms with Crippen LogP contribution in [0.2, 0.25) is 0 Å². The minimum Gasteiger partial charge on any atom is -0.352 e. The zero-order chi connectivity index (χ0) is 12.5. The van der Waals surface area contributed by atoms with Crippen LogP contribution in [-0.2, 0) is 4.79 Å². The zero-order valence-electron chi connectivity index (χ0n) is 10.7. The van der Waals surface area contributed by atoms with Crippen LogP contribution in [0, 0.1) is 6.92 Å². The minimum absolute atomic E-state index is 0.0279. The van der Waals surface area contributed by atoms with Gasteiger partial charge < -0.3 is 10.2 Å². The van der Waals surface area contributed by atoms with Crippen molar-refractivity contribution in [3.63, 3.8) is 0 Å². The van der Waals surface area contributed by atoms with Crippen molar-refractivity contribution in [2.24, 2.45) is 0 Å². The summed E-state index contributed by atoms with van der Waals surface area (Å²) in [5.74, 6) is 1.11. The van der Waals surface area contributed by atoms with Gasteiger partial charge in [-0.05, 0) is 50.3 Å². The Morgan fingerprint density at radius 2 is 2.28 bits per heavy atom. The average molecular weight is 245 g/mol. The molecular weight excluding hydrogens is 226 g/mol. The number of carbonyl (C=O) groups is 1. The van der Waals surface area contributed by atoms with Crippen molar-refractivity contribution in [1.29, 1.82) is 0 Å². The van der Waals surface area contributed by atoms with Crippen molar-refractivity contribution in [2.75, 3.05) is 11.4 Å². The number of nitrogens with one attached hydrogen (secondary N) is 1. The predicted octanol–water partition coefficient (Wildman–Crippen LogP) is 1.64. The highest BCUT2D eigenvalue weighted by Gasteiger charge is 2.34. The molecule has 1 aromatic rings. The van der Waals surface area contributed by atoms with E-state index in [1.165, 1.54) is 5.56 Å². The fourth-order valence-electron chi connectivity index (χ4n) is 2.52. The monoisotopic (exact) mass is 245 g/mol. The number of carbonyl (C=O) groups excluding carboxylic acids is 1. The van der Waals surface area contributed by atoms with E-state index in [0.29, 0.717) is 6.04 Å². The third kappa shape index (κ3) is 2.33. The number of hydrogen-bond acceptors (Lipinski definition) is 3. The summed E-state index contributed by atoms with van der Waals surface area (Å²) in [5, 5.41) is 3.10. The highest BCUT2D eigenvalue weighted by atomic mass is 16.2. The molecule has 18 heavy (non-hydrogen) atoms. The number of amides is 1. The summed E-state index contributed by atoms with van der Waals surface area (Å²) in [6.07, 6.45) is 6.10. The van der Waals surface area contributed by atoms with Gasteiger partial charge in [0.15, 0.2) is 0 Å². The third-order valence-electron chi connectivity index (χ3n) is 3.67. The van der Waals surface area contributed by atoms with Crippen molar-refractivity contribution < 1.29 is 4.79 Å². The third-order valence-corrected chi connectivity index (χ3v) is 3.67. The summed E-state index contributed by atoms with van der Waals surface area (Å²) in [6, 6.07) is 4.45. The molecule has 4 heteroatoms. The summed E-state index contributed by atoms with van der Waals surface area (Å²) < 4.78 is 0. The van der Waals surface area contributed by atoms with E-state index in [0.717, 1.165) is 38.0 Å². The van der Waals surface area contributed by atoms with Crippen LogP contribution in [0.25, 0.3) is 0 Å². The molecule has 2 heterocycles. The Kier molecular flexibility index (Phi) is 2.94. The molecule has 4 nitrogen and oxygen atoms in total. The average Bonchev–Trinajstić information content (AvgIpc) is 3.03. The summed E-state index contributed by atoms with van der Waals surface area (Å²) in [6.45, 7) is 2.99. The number of pyridine rings is 1. The van der Waals surface area contributed by atoms with E-state index < -0.39 is 0 Å². The molecule has 0 bridgehead atoms. The van der Waals surface area contributed by atoms with E-state index >= 15 is 0 Å². The summed E-state index contributed by atoms with van der Waals surface area (Å²) in [4.78, 5) is 18.7. The molecule has 1 aliphatic heterocycles. The standard InChI is InChI=1S/C14H19N3O/c1-10-6-7-15-13(9-10)17-8-2-3-12(17)14(18)16-11-4-5-11/h6-7,9,11-12H,2-5,8H2,1H3,(H,16,18)/t12-/m1/s1. The molecule has 2 fully saturated rings. The molecule has 0 aromatic carbocycles. The maximum Gasteiger partial charge on any atom is 0.242 e. The first kappa shape index (κ1) is 11.5. The Labute approximate surface area is 107 Å². The second kappa shape index (κ2) is 4.59. The topological polar surface area (TPSA) is 45.2 Å². The van der Waals surface area contributed by atoms with Gasteiger partial charge in [-0.2, -0.15) is 0 Å². The molecule has 2 aliphatic rings. The van der Waals surface area contributed by atoms with E-state index in [-0.39, 0.29) is 11.9 Å². The molecule has 3 rings (SSSR count). The van der Waals surface area contributed by atoms with Crippen molar-refractivity contribution >= 4 is 11.7 Å². The molecule has 0 radical (unpaired) electrons. The first-order valence-electron chi connectivity index (χ1n) is 6.74. The molecule has 1 aliphatic carbocycles. The van der Waals surface area contributed by atoms with Crippen LogP contribution in [0.5, 0.6) is 0 Å². The van der Waals surface area contributed by atoms with Gasteiger partial charge in [0.25, 0.3) is 0 Å². The Balaban J connectivity index is 1.75. The van der Waals surface area contributed by atoms with Crippen molar-refractivity contribution in [3.8, 4) is 0 Å². The van der Waals surface area contributed by atoms with Gasteiger partial charge in [0.1, 0.15) is 11.9 Å². The summed E-state index contributed by atoms with van der Waals surface area (Å²) in [5.41, 5.74) is 1.19. The highest BCUT2D eigenvalue weighted by Crippen LogP contribution is 2.26. The normalized spacial score (nSPS) is 23.2. The first-order chi connectivity index (χ1) is 8.74. The van der Waals surface area contributed by atoms with Crippen molar-refractivity contribution in [1.82, 2.24) is 10.3 Å². The van der Waals surface area contributed by atoms with Crippen LogP contribution in [-0.4, -0.2) is 29.5 Å². The van der Waals surface area contributed by atoms with E-state index in [2.05, 4.69) is 28.2 Å². The lowest BCUT2D eigenvalue weighted by Gasteiger charge is -2.25. The summed E-state index contributed by atoms with van der Waals surface area (Å²) >= 11 is 0. The minimum atomic E-state index is -0.0279. The van der Waals surface area contributed by atoms with Crippen molar-refractivity contribution in [3.05, 3.63) is 23.9 Å². The van der Waals surface area contributed by atoms with E-state index in [1.807, 2.05) is 12.3 Å². The number of anilines is 1. The lowest BCUT2D eigenvalue weighted by Crippen LogP contribution is -2.44. The largest absolute Gasteiger partial charge is 0.352 e. The molecule has 96 valence electrons. The fourth-order valence-corrected chi connectivity index (χ4v) is 2.52. The Morgan fingerprint density at radius 3 is 3.00 bits per heavy atom. The molecule has 1 amide bonds. The van der Waals surface area contributed by atoms with Crippen LogP contribution >= 0.6 is 0 Å². The smallest absolute Gasteiger partial charge is 0.242 e. The van der Waals surface area contributed by atoms with Crippen LogP contribution in [0.15, 0.2) is 18.3 Å². The van der Waals surface area contributed by atoms with E-state index in [4.69, 9.17) is 0 Å². The lowest BCUT2D eigenvalue weighted by atomic mass is 10.2. The van der Waals surface area contributed by atoms with Gasteiger partial charge in [0.2, 0.25) is 5.91 Å². The van der Waals surface area contributed by atoms with Crippen LogP contribution in [0.4, 0.5) is 5.82 Å². The second-order valence-electron chi connectivity index (χ2n) is 5.33. The molecule has 1 N–H and O–H groups in total. The number of hydrogen-bond donors (Lipinski definition) is 1. The van der Waals surface area contributed by atoms with Gasteiger partial charge in [-0.15, -0.1) is 0 Å². The quantitative estimate of drug-likeness (QED) is 0.880. The maximum atomic E-state index is 12.2. The molecule has 1 atom stereocenters. The molecule has 0 spiro atoms. The zero-order valence-corrected chi connectivity index (χ0v) is 10.7. The van der Waals surface area contributed by atoms with Gasteiger partial charge >= 0.3 is 0 Å². The van der Waals surface area contributed by atoms with E-state index in [1.54, 1.807) is 0 Å². The van der Waals surface area contributed by atoms with Gasteiger partial charge in [-0.3, -0.25) is 4.79 Å². The number of aromatic nitrogens is 1. The first-order valence-corrected chi connectivity index (χ1v) is 6.74. The van der Waals surface area contributed by atoms with Gasteiger partial charge in [0, 0.05) is 18.8 Å². The summed E-state index contributed by atoms with van der Waals surface area (Å²) in [7, 11) is 0. The predicted molar refractivity (Wildman–Crippen MR) is 70.5 cm³/mol. The Bertz CT molecular complexity index is 456. The number of nitrogens with zero attached hydrogens (tertiary/aromatic N) is 2. The number of rotatable bonds is 3. The van der Waals surface area contributed by atoms with Crippen LogP contribution in [0.1, 0.15) is 31.2 Å². The fraction of sp³-hybridized carbons (Fsp3) is 0.571. The second-order valence-corrected chi connectivity index (χ2v) is 5.33. The Morgan fingerprint density at radius 1 is 1.44 bits per heavy atom.